The van der Waals surface area contributed by atoms with Crippen LogP contribution in [0.15, 0.2) is 36.7 Å². The number of aromatic nitrogens is 4. The van der Waals surface area contributed by atoms with Gasteiger partial charge in [-0.05, 0) is 13.3 Å². The summed E-state index contributed by atoms with van der Waals surface area (Å²) in [4.78, 5) is 20.2. The number of nitrogens with zero attached hydrogens (tertiary/aromatic N) is 6. The zero-order valence-electron chi connectivity index (χ0n) is 16.2. The van der Waals surface area contributed by atoms with Crippen molar-refractivity contribution < 1.29 is 4.74 Å². The maximum absolute atomic E-state index is 9.55. The molecule has 0 aromatic carbocycles. The number of fused-ring (bicyclic) bond motifs is 1. The first-order chi connectivity index (χ1) is 14.1. The number of allylic oxidation sites excluding steroid dienone is 1. The fraction of sp³-hybridized carbons (Fsp3) is 0.381. The van der Waals surface area contributed by atoms with Gasteiger partial charge >= 0.3 is 0 Å². The van der Waals surface area contributed by atoms with Gasteiger partial charge in [-0.1, -0.05) is 18.2 Å². The lowest BCUT2D eigenvalue weighted by Gasteiger charge is -2.21. The first-order valence-electron chi connectivity index (χ1n) is 9.70. The Morgan fingerprint density at radius 3 is 2.97 bits per heavy atom. The normalized spacial score (nSPS) is 24.6. The molecule has 3 atom stereocenters. The first kappa shape index (κ1) is 17.8. The summed E-state index contributed by atoms with van der Waals surface area (Å²) in [5, 5.41) is 13.0. The number of hydrogen-bond acceptors (Lipinski definition) is 8. The van der Waals surface area contributed by atoms with E-state index in [9.17, 15) is 5.26 Å². The Hall–Kier alpha value is -3.31. The van der Waals surface area contributed by atoms with Gasteiger partial charge in [0.25, 0.3) is 0 Å². The van der Waals surface area contributed by atoms with Crippen LogP contribution >= 0.6 is 0 Å². The molecule has 8 nitrogen and oxygen atoms in total. The molecule has 2 aromatic heterocycles. The van der Waals surface area contributed by atoms with Crippen LogP contribution in [0.1, 0.15) is 23.6 Å². The predicted molar refractivity (Wildman–Crippen MR) is 108 cm³/mol. The Morgan fingerprint density at radius 2 is 2.21 bits per heavy atom. The molecular weight excluding hydrogens is 366 g/mol. The highest BCUT2D eigenvalue weighted by Gasteiger charge is 2.47. The second-order valence-corrected chi connectivity index (χ2v) is 7.58. The van der Waals surface area contributed by atoms with Crippen LogP contribution in [-0.4, -0.2) is 45.9 Å². The third-order valence-electron chi connectivity index (χ3n) is 5.68. The fourth-order valence-corrected chi connectivity index (χ4v) is 4.01. The Morgan fingerprint density at radius 1 is 1.34 bits per heavy atom. The molecule has 0 amide bonds. The van der Waals surface area contributed by atoms with E-state index in [2.05, 4.69) is 38.9 Å². The van der Waals surface area contributed by atoms with E-state index in [4.69, 9.17) is 14.7 Å². The molecule has 1 N–H and O–H groups in total. The molecule has 29 heavy (non-hydrogen) atoms. The number of rotatable bonds is 5. The second kappa shape index (κ2) is 6.94. The minimum atomic E-state index is -0.0487. The van der Waals surface area contributed by atoms with Crippen LogP contribution in [0.3, 0.4) is 0 Å². The highest BCUT2D eigenvalue weighted by atomic mass is 16.5. The van der Waals surface area contributed by atoms with Gasteiger partial charge in [-0.2, -0.15) is 5.26 Å². The topological polar surface area (TPSA) is 99.9 Å². The number of nitriles is 1. The van der Waals surface area contributed by atoms with Gasteiger partial charge in [-0.15, -0.1) is 0 Å². The predicted octanol–water partition coefficient (Wildman–Crippen LogP) is 2.31. The van der Waals surface area contributed by atoms with E-state index in [0.717, 1.165) is 24.5 Å². The summed E-state index contributed by atoms with van der Waals surface area (Å²) in [6.45, 7) is 7.99. The van der Waals surface area contributed by atoms with E-state index in [1.807, 2.05) is 13.0 Å². The minimum Gasteiger partial charge on any atom is -0.362 e. The molecule has 1 aliphatic heterocycles. The smallest absolute Gasteiger partial charge is 0.165 e. The molecule has 2 fully saturated rings. The second-order valence-electron chi connectivity index (χ2n) is 7.58. The van der Waals surface area contributed by atoms with E-state index in [-0.39, 0.29) is 12.0 Å². The number of aryl methyl sites for hydroxylation is 1. The minimum absolute atomic E-state index is 0.0364. The summed E-state index contributed by atoms with van der Waals surface area (Å²) in [5.41, 5.74) is 3.43. The van der Waals surface area contributed by atoms with Crippen molar-refractivity contribution >= 4 is 17.2 Å². The third kappa shape index (κ3) is 3.23. The molecule has 1 saturated carbocycles. The first-order valence-corrected chi connectivity index (χ1v) is 9.70. The standard InChI is InChI=1S/C21H21N7O/c1-12(20-13(2)23-3-4-24-20)21-26-18(9-19(27-21)28-5-6-29-11-28)25-17-8-14-7-15(14)16(17)10-22/h3-4,8-9,15-17H,1,5-7,11H2,2H3,(H,25,26,27). The zero-order chi connectivity index (χ0) is 20.0. The quantitative estimate of drug-likeness (QED) is 0.780. The summed E-state index contributed by atoms with van der Waals surface area (Å²) >= 11 is 0. The summed E-state index contributed by atoms with van der Waals surface area (Å²) in [6, 6.07) is 4.31. The van der Waals surface area contributed by atoms with Crippen LogP contribution in [0, 0.1) is 30.1 Å². The average molecular weight is 387 g/mol. The van der Waals surface area contributed by atoms with Crippen LogP contribution in [0.2, 0.25) is 0 Å². The molecule has 2 aliphatic carbocycles. The zero-order valence-corrected chi connectivity index (χ0v) is 16.2. The van der Waals surface area contributed by atoms with Crippen molar-refractivity contribution in [3.63, 3.8) is 0 Å². The molecule has 2 aromatic rings. The molecule has 0 bridgehead atoms. The highest BCUT2D eigenvalue weighted by molar-refractivity contribution is 5.74. The molecule has 1 saturated heterocycles. The van der Waals surface area contributed by atoms with Gasteiger partial charge in [0.05, 0.1) is 36.0 Å². The van der Waals surface area contributed by atoms with Crippen LogP contribution in [0.25, 0.3) is 5.57 Å². The average Bonchev–Trinajstić information content (AvgIpc) is 3.15. The third-order valence-corrected chi connectivity index (χ3v) is 5.68. The summed E-state index contributed by atoms with van der Waals surface area (Å²) in [5.74, 6) is 2.28. The van der Waals surface area contributed by atoms with E-state index in [1.54, 1.807) is 12.4 Å². The Kier molecular flexibility index (Phi) is 4.25. The SMILES string of the molecule is C=C(c1nc(NC2C=C3CC3C2C#N)cc(N2CCOC2)n1)c1nccnc1C. The van der Waals surface area contributed by atoms with Gasteiger partial charge < -0.3 is 15.0 Å². The molecule has 3 heterocycles. The van der Waals surface area contributed by atoms with Gasteiger partial charge in [0.1, 0.15) is 18.4 Å². The van der Waals surface area contributed by atoms with Crippen LogP contribution in [0.4, 0.5) is 11.6 Å². The summed E-state index contributed by atoms with van der Waals surface area (Å²) in [7, 11) is 0. The molecule has 3 aliphatic rings. The number of nitrogens with one attached hydrogen (secondary N) is 1. The van der Waals surface area contributed by atoms with Crippen molar-refractivity contribution in [3.8, 4) is 6.07 Å². The molecule has 146 valence electrons. The van der Waals surface area contributed by atoms with Crippen molar-refractivity contribution in [1.82, 2.24) is 19.9 Å². The highest BCUT2D eigenvalue weighted by Crippen LogP contribution is 2.51. The van der Waals surface area contributed by atoms with Gasteiger partial charge in [-0.25, -0.2) is 9.97 Å². The van der Waals surface area contributed by atoms with Gasteiger partial charge in [0, 0.05) is 36.5 Å². The monoisotopic (exact) mass is 387 g/mol. The van der Waals surface area contributed by atoms with Crippen molar-refractivity contribution in [2.24, 2.45) is 11.8 Å². The molecule has 0 radical (unpaired) electrons. The summed E-state index contributed by atoms with van der Waals surface area (Å²) < 4.78 is 5.49. The van der Waals surface area contributed by atoms with Crippen molar-refractivity contribution in [2.45, 2.75) is 19.4 Å². The van der Waals surface area contributed by atoms with E-state index >= 15 is 0 Å². The van der Waals surface area contributed by atoms with E-state index in [0.29, 0.717) is 42.2 Å². The van der Waals surface area contributed by atoms with Gasteiger partial charge in [0.15, 0.2) is 5.82 Å². The summed E-state index contributed by atoms with van der Waals surface area (Å²) in [6.07, 6.45) is 6.50. The van der Waals surface area contributed by atoms with E-state index in [1.165, 1.54) is 5.57 Å². The molecule has 3 unspecified atom stereocenters. The Labute approximate surface area is 169 Å². The maximum atomic E-state index is 9.55. The lowest BCUT2D eigenvalue weighted by Crippen LogP contribution is -2.27. The Balaban J connectivity index is 1.50. The molecule has 5 rings (SSSR count). The molecule has 8 heteroatoms. The number of hydrogen-bond donors (Lipinski definition) is 1. The van der Waals surface area contributed by atoms with Crippen LogP contribution in [0.5, 0.6) is 0 Å². The maximum Gasteiger partial charge on any atom is 0.165 e. The number of ether oxygens (including phenoxy) is 1. The van der Waals surface area contributed by atoms with Crippen molar-refractivity contribution in [3.05, 3.63) is 53.9 Å². The fourth-order valence-electron chi connectivity index (χ4n) is 4.01. The number of anilines is 2. The molecular formula is C21H21N7O. The van der Waals surface area contributed by atoms with Gasteiger partial charge in [-0.3, -0.25) is 9.97 Å². The largest absolute Gasteiger partial charge is 0.362 e. The molecule has 0 spiro atoms. The Bertz CT molecular complexity index is 1050. The van der Waals surface area contributed by atoms with Crippen molar-refractivity contribution in [1.29, 1.82) is 5.26 Å². The van der Waals surface area contributed by atoms with Crippen molar-refractivity contribution in [2.75, 3.05) is 30.1 Å². The van der Waals surface area contributed by atoms with Crippen LogP contribution in [-0.2, 0) is 4.74 Å². The van der Waals surface area contributed by atoms with Gasteiger partial charge in [0.2, 0.25) is 0 Å². The lowest BCUT2D eigenvalue weighted by atomic mass is 10.0. The van der Waals surface area contributed by atoms with Crippen LogP contribution < -0.4 is 10.2 Å². The van der Waals surface area contributed by atoms with E-state index < -0.39 is 0 Å². The lowest BCUT2D eigenvalue weighted by molar-refractivity contribution is 0.201.